The average Bonchev–Trinajstić information content (AvgIpc) is 3.26. The van der Waals surface area contributed by atoms with E-state index in [0.29, 0.717) is 17.8 Å². The number of carbonyl (C=O) groups is 1. The molecule has 0 saturated heterocycles. The third-order valence-corrected chi connectivity index (χ3v) is 3.75. The van der Waals surface area contributed by atoms with E-state index in [4.69, 9.17) is 11.6 Å². The SMILES string of the molecule is Cc1ccc(Cc2nn3cncc3c(=O)[nH]2)cc1.NC(=O)c1cncn1N. The monoisotopic (exact) mass is 366 g/mol. The van der Waals surface area contributed by atoms with E-state index < -0.39 is 5.91 Å². The third-order valence-electron chi connectivity index (χ3n) is 3.75. The van der Waals surface area contributed by atoms with E-state index in [1.54, 1.807) is 0 Å². The summed E-state index contributed by atoms with van der Waals surface area (Å²) in [6, 6.07) is 8.16. The molecule has 5 N–H and O–H groups in total. The van der Waals surface area contributed by atoms with Crippen molar-refractivity contribution in [2.45, 2.75) is 13.3 Å². The van der Waals surface area contributed by atoms with Gasteiger partial charge in [0.2, 0.25) is 0 Å². The molecule has 0 saturated carbocycles. The Balaban J connectivity index is 0.000000197. The van der Waals surface area contributed by atoms with E-state index in [0.717, 1.165) is 10.2 Å². The lowest BCUT2D eigenvalue weighted by molar-refractivity contribution is 0.0993. The summed E-state index contributed by atoms with van der Waals surface area (Å²) in [6.45, 7) is 2.04. The van der Waals surface area contributed by atoms with Crippen LogP contribution < -0.4 is 17.1 Å². The maximum atomic E-state index is 11.7. The van der Waals surface area contributed by atoms with Crippen LogP contribution in [0.3, 0.4) is 0 Å². The number of hydrogen-bond acceptors (Lipinski definition) is 6. The normalized spacial score (nSPS) is 10.4. The number of primary amides is 1. The van der Waals surface area contributed by atoms with Crippen LogP contribution in [0.1, 0.15) is 27.4 Å². The molecule has 4 rings (SSSR count). The second kappa shape index (κ2) is 7.52. The van der Waals surface area contributed by atoms with Crippen LogP contribution in [0.25, 0.3) is 5.52 Å². The number of hydrogen-bond donors (Lipinski definition) is 3. The fourth-order valence-corrected chi connectivity index (χ4v) is 2.36. The minimum atomic E-state index is -0.574. The summed E-state index contributed by atoms with van der Waals surface area (Å²) in [7, 11) is 0. The molecule has 0 bridgehead atoms. The third kappa shape index (κ3) is 4.18. The Bertz CT molecular complexity index is 1120. The Morgan fingerprint density at radius 1 is 1.15 bits per heavy atom. The number of rotatable bonds is 3. The minimum Gasteiger partial charge on any atom is -0.364 e. The van der Waals surface area contributed by atoms with Gasteiger partial charge in [-0.15, -0.1) is 0 Å². The summed E-state index contributed by atoms with van der Waals surface area (Å²) >= 11 is 0. The van der Waals surface area contributed by atoms with Gasteiger partial charge < -0.3 is 16.6 Å². The van der Waals surface area contributed by atoms with Gasteiger partial charge in [0.1, 0.15) is 29.7 Å². The van der Waals surface area contributed by atoms with Crippen molar-refractivity contribution in [3.05, 3.63) is 82.3 Å². The Labute approximate surface area is 153 Å². The van der Waals surface area contributed by atoms with Gasteiger partial charge >= 0.3 is 0 Å². The zero-order valence-corrected chi connectivity index (χ0v) is 14.5. The first-order valence-electron chi connectivity index (χ1n) is 7.98. The van der Waals surface area contributed by atoms with Crippen LogP contribution in [0.4, 0.5) is 0 Å². The number of nitrogens with two attached hydrogens (primary N) is 2. The molecule has 0 aliphatic rings. The van der Waals surface area contributed by atoms with E-state index in [2.05, 4.69) is 20.1 Å². The van der Waals surface area contributed by atoms with Crippen molar-refractivity contribution >= 4 is 11.4 Å². The molecule has 1 aromatic carbocycles. The van der Waals surface area contributed by atoms with E-state index in [-0.39, 0.29) is 11.3 Å². The molecule has 10 nitrogen and oxygen atoms in total. The number of amides is 1. The standard InChI is InChI=1S/C13H12N4O.C4H6N4O/c1-9-2-4-10(5-3-9)6-12-15-13(18)11-7-14-8-17(11)16-12;5-4(9)3-1-7-2-8(3)6/h2-5,7-8H,6H2,1H3,(H,15,16,18);1-2H,6H2,(H2,5,9). The predicted octanol–water partition coefficient (Wildman–Crippen LogP) is 0.0126. The summed E-state index contributed by atoms with van der Waals surface area (Å²) in [4.78, 5) is 32.4. The summed E-state index contributed by atoms with van der Waals surface area (Å²) in [5.41, 5.74) is 7.71. The lowest BCUT2D eigenvalue weighted by atomic mass is 10.1. The van der Waals surface area contributed by atoms with Gasteiger partial charge in [0.25, 0.3) is 11.5 Å². The van der Waals surface area contributed by atoms with Crippen LogP contribution in [0.5, 0.6) is 0 Å². The Morgan fingerprint density at radius 3 is 2.44 bits per heavy atom. The molecule has 0 atom stereocenters. The van der Waals surface area contributed by atoms with Crippen LogP contribution >= 0.6 is 0 Å². The molecule has 4 aromatic rings. The fourth-order valence-electron chi connectivity index (χ4n) is 2.36. The van der Waals surface area contributed by atoms with E-state index in [9.17, 15) is 9.59 Å². The molecule has 0 unspecified atom stereocenters. The Morgan fingerprint density at radius 2 is 1.85 bits per heavy atom. The summed E-state index contributed by atoms with van der Waals surface area (Å²) < 4.78 is 2.57. The number of aromatic amines is 1. The first-order valence-corrected chi connectivity index (χ1v) is 7.98. The molecule has 0 fully saturated rings. The molecule has 1 amide bonds. The number of imidazole rings is 2. The second-order valence-electron chi connectivity index (χ2n) is 5.84. The number of carbonyl (C=O) groups excluding carboxylic acids is 1. The van der Waals surface area contributed by atoms with Crippen LogP contribution in [0.2, 0.25) is 0 Å². The zero-order chi connectivity index (χ0) is 19.4. The van der Waals surface area contributed by atoms with Crippen molar-refractivity contribution in [1.29, 1.82) is 0 Å². The lowest BCUT2D eigenvalue weighted by Gasteiger charge is -2.02. The molecule has 138 valence electrons. The van der Waals surface area contributed by atoms with Crippen LogP contribution in [-0.2, 0) is 6.42 Å². The number of nitrogen functional groups attached to an aromatic ring is 1. The highest BCUT2D eigenvalue weighted by Crippen LogP contribution is 2.06. The number of nitrogens with zero attached hydrogens (tertiary/aromatic N) is 5. The number of benzene rings is 1. The van der Waals surface area contributed by atoms with Crippen LogP contribution in [-0.4, -0.2) is 35.1 Å². The topological polar surface area (TPSA) is 150 Å². The zero-order valence-electron chi connectivity index (χ0n) is 14.5. The largest absolute Gasteiger partial charge is 0.364 e. The first-order chi connectivity index (χ1) is 12.9. The molecular weight excluding hydrogens is 348 g/mol. The van der Waals surface area contributed by atoms with Gasteiger partial charge in [0.15, 0.2) is 0 Å². The molecule has 0 radical (unpaired) electrons. The number of fused-ring (bicyclic) bond motifs is 1. The number of aromatic nitrogens is 6. The van der Waals surface area contributed by atoms with Crippen molar-refractivity contribution in [1.82, 2.24) is 29.2 Å². The number of aryl methyl sites for hydroxylation is 1. The van der Waals surface area contributed by atoms with Gasteiger partial charge in [-0.2, -0.15) is 5.10 Å². The van der Waals surface area contributed by atoms with Crippen LogP contribution in [0.15, 0.2) is 54.1 Å². The maximum Gasteiger partial charge on any atom is 0.276 e. The van der Waals surface area contributed by atoms with Gasteiger partial charge in [-0.1, -0.05) is 29.8 Å². The van der Waals surface area contributed by atoms with Gasteiger partial charge in [0.05, 0.1) is 12.4 Å². The maximum absolute atomic E-state index is 11.7. The summed E-state index contributed by atoms with van der Waals surface area (Å²) in [5.74, 6) is 5.25. The highest BCUT2D eigenvalue weighted by Gasteiger charge is 2.05. The highest BCUT2D eigenvalue weighted by atomic mass is 16.1. The Hall–Kier alpha value is -3.95. The predicted molar refractivity (Wildman–Crippen MR) is 98.5 cm³/mol. The highest BCUT2D eigenvalue weighted by molar-refractivity contribution is 5.90. The van der Waals surface area contributed by atoms with Crippen molar-refractivity contribution in [2.75, 3.05) is 5.84 Å². The van der Waals surface area contributed by atoms with E-state index in [1.165, 1.54) is 35.1 Å². The minimum absolute atomic E-state index is 0.162. The van der Waals surface area contributed by atoms with Gasteiger partial charge in [0, 0.05) is 6.42 Å². The number of H-pyrrole nitrogens is 1. The van der Waals surface area contributed by atoms with Crippen molar-refractivity contribution in [3.8, 4) is 0 Å². The van der Waals surface area contributed by atoms with Gasteiger partial charge in [-0.25, -0.2) is 19.2 Å². The molecular formula is C17H18N8O2. The van der Waals surface area contributed by atoms with E-state index in [1.807, 2.05) is 31.2 Å². The Kier molecular flexibility index (Phi) is 4.97. The van der Waals surface area contributed by atoms with Gasteiger partial charge in [-0.3, -0.25) is 9.59 Å². The molecule has 3 aromatic heterocycles. The van der Waals surface area contributed by atoms with Crippen molar-refractivity contribution in [2.24, 2.45) is 5.73 Å². The summed E-state index contributed by atoms with van der Waals surface area (Å²) in [5, 5.41) is 4.31. The summed E-state index contributed by atoms with van der Waals surface area (Å²) in [6.07, 6.45) is 6.25. The molecule has 0 aliphatic carbocycles. The molecule has 10 heteroatoms. The smallest absolute Gasteiger partial charge is 0.276 e. The van der Waals surface area contributed by atoms with E-state index >= 15 is 0 Å². The number of nitrogens with one attached hydrogen (secondary N) is 1. The van der Waals surface area contributed by atoms with Crippen molar-refractivity contribution in [3.63, 3.8) is 0 Å². The first kappa shape index (κ1) is 17.9. The van der Waals surface area contributed by atoms with Crippen molar-refractivity contribution < 1.29 is 4.79 Å². The quantitative estimate of drug-likeness (QED) is 0.435. The fraction of sp³-hybridized carbons (Fsp3) is 0.118. The van der Waals surface area contributed by atoms with Gasteiger partial charge in [-0.05, 0) is 12.5 Å². The molecule has 3 heterocycles. The molecule has 27 heavy (non-hydrogen) atoms. The average molecular weight is 366 g/mol. The van der Waals surface area contributed by atoms with Crippen LogP contribution in [0, 0.1) is 6.92 Å². The molecule has 0 spiro atoms. The molecule has 0 aliphatic heterocycles. The second-order valence-corrected chi connectivity index (χ2v) is 5.84. The lowest BCUT2D eigenvalue weighted by Crippen LogP contribution is -2.20.